The number of hydrogen-bond acceptors (Lipinski definition) is 5. The lowest BCUT2D eigenvalue weighted by Crippen LogP contribution is -2.49. The van der Waals surface area contributed by atoms with Gasteiger partial charge in [0.2, 0.25) is 0 Å². The van der Waals surface area contributed by atoms with Gasteiger partial charge in [0.15, 0.2) is 0 Å². The van der Waals surface area contributed by atoms with E-state index in [4.69, 9.17) is 5.11 Å². The number of hydrazine groups is 1. The van der Waals surface area contributed by atoms with Gasteiger partial charge in [0.05, 0.1) is 16.8 Å². The number of imide groups is 1. The van der Waals surface area contributed by atoms with Gasteiger partial charge in [-0.2, -0.15) is 0 Å². The molecule has 1 aliphatic heterocycles. The third-order valence-electron chi connectivity index (χ3n) is 6.00. The zero-order valence-corrected chi connectivity index (χ0v) is 20.5. The number of fused-ring (bicyclic) bond motifs is 1. The van der Waals surface area contributed by atoms with Crippen LogP contribution in [0.1, 0.15) is 46.7 Å². The number of carboxylic acid groups (broad SMARTS) is 1. The highest BCUT2D eigenvalue weighted by Gasteiger charge is 2.37. The zero-order valence-electron chi connectivity index (χ0n) is 20.5. The molecule has 0 aliphatic carbocycles. The van der Waals surface area contributed by atoms with Gasteiger partial charge in [0.1, 0.15) is 5.82 Å². The summed E-state index contributed by atoms with van der Waals surface area (Å²) in [6, 6.07) is 2.41. The summed E-state index contributed by atoms with van der Waals surface area (Å²) in [4.78, 5) is 55.2. The molecule has 11 nitrogen and oxygen atoms in total. The molecule has 1 aromatic carbocycles. The standard InChI is InChI=1S/C24H29FN6O5/c1-5-30(6-2)10-9-26-21(32)20-13(3)18(27-14(20)4)12-17-16-11-15(25)7-8-19(16)31(22(17)33)23(34)28-29-24(35)36/h7-8,11-12,27,29H,5-6,9-10H2,1-4H3,(H,26,32)(H,28,34)(H,35,36). The summed E-state index contributed by atoms with van der Waals surface area (Å²) in [7, 11) is 0. The Morgan fingerprint density at radius 2 is 1.86 bits per heavy atom. The molecule has 5 amide bonds. The maximum Gasteiger partial charge on any atom is 0.423 e. The number of likely N-dealkylation sites (N-methyl/N-ethyl adjacent to an activating group) is 1. The number of nitrogens with one attached hydrogen (secondary N) is 4. The van der Waals surface area contributed by atoms with Crippen molar-refractivity contribution in [2.24, 2.45) is 0 Å². The first kappa shape index (κ1) is 26.4. The van der Waals surface area contributed by atoms with Crippen LogP contribution in [0.3, 0.4) is 0 Å². The summed E-state index contributed by atoms with van der Waals surface area (Å²) in [6.45, 7) is 10.5. The number of carbonyl (C=O) groups excluding carboxylic acids is 3. The minimum Gasteiger partial charge on any atom is -0.464 e. The Morgan fingerprint density at radius 3 is 2.50 bits per heavy atom. The van der Waals surface area contributed by atoms with Crippen LogP contribution in [0.25, 0.3) is 11.6 Å². The largest absolute Gasteiger partial charge is 0.464 e. The van der Waals surface area contributed by atoms with Crippen molar-refractivity contribution in [3.63, 3.8) is 0 Å². The zero-order chi connectivity index (χ0) is 26.6. The van der Waals surface area contributed by atoms with Crippen LogP contribution in [-0.4, -0.2) is 65.1 Å². The Hall–Kier alpha value is -4.19. The molecular formula is C24H29FN6O5. The molecule has 36 heavy (non-hydrogen) atoms. The number of aromatic amines is 1. The van der Waals surface area contributed by atoms with Crippen molar-refractivity contribution < 1.29 is 28.7 Å². The van der Waals surface area contributed by atoms with E-state index in [1.165, 1.54) is 12.1 Å². The van der Waals surface area contributed by atoms with Crippen LogP contribution in [0.5, 0.6) is 0 Å². The van der Waals surface area contributed by atoms with Crippen LogP contribution < -0.4 is 21.1 Å². The third-order valence-corrected chi connectivity index (χ3v) is 6.00. The maximum atomic E-state index is 14.1. The predicted molar refractivity (Wildman–Crippen MR) is 132 cm³/mol. The summed E-state index contributed by atoms with van der Waals surface area (Å²) < 4.78 is 14.1. The molecule has 0 fully saturated rings. The van der Waals surface area contributed by atoms with Crippen molar-refractivity contribution in [1.29, 1.82) is 0 Å². The van der Waals surface area contributed by atoms with Crippen LogP contribution in [0.4, 0.5) is 19.7 Å². The molecule has 0 spiro atoms. The number of urea groups is 1. The lowest BCUT2D eigenvalue weighted by atomic mass is 10.0. The SMILES string of the molecule is CCN(CC)CCNC(=O)c1c(C)[nH]c(C=C2C(=O)N(C(=O)NNC(=O)O)c3ccc(F)cc32)c1C. The van der Waals surface area contributed by atoms with Crippen molar-refractivity contribution in [2.45, 2.75) is 27.7 Å². The molecule has 2 heterocycles. The smallest absolute Gasteiger partial charge is 0.423 e. The Labute approximate surface area is 207 Å². The highest BCUT2D eigenvalue weighted by Crippen LogP contribution is 2.38. The quantitative estimate of drug-likeness (QED) is 0.292. The third kappa shape index (κ3) is 5.38. The number of aryl methyl sites for hydroxylation is 1. The molecule has 0 radical (unpaired) electrons. The van der Waals surface area contributed by atoms with Crippen molar-refractivity contribution in [3.8, 4) is 0 Å². The first-order valence-electron chi connectivity index (χ1n) is 11.4. The maximum absolute atomic E-state index is 14.1. The van der Waals surface area contributed by atoms with Crippen LogP contribution in [0.2, 0.25) is 0 Å². The van der Waals surface area contributed by atoms with E-state index < -0.39 is 23.8 Å². The fourth-order valence-electron chi connectivity index (χ4n) is 4.13. The van der Waals surface area contributed by atoms with E-state index in [9.17, 15) is 23.6 Å². The fourth-order valence-corrected chi connectivity index (χ4v) is 4.13. The average Bonchev–Trinajstić information content (AvgIpc) is 3.26. The Morgan fingerprint density at radius 1 is 1.17 bits per heavy atom. The van der Waals surface area contributed by atoms with Crippen LogP contribution in [0.15, 0.2) is 18.2 Å². The minimum absolute atomic E-state index is 0.00724. The molecule has 0 unspecified atom stereocenters. The molecular weight excluding hydrogens is 471 g/mol. The van der Waals surface area contributed by atoms with Crippen molar-refractivity contribution in [2.75, 3.05) is 31.1 Å². The molecule has 12 heteroatoms. The summed E-state index contributed by atoms with van der Waals surface area (Å²) >= 11 is 0. The van der Waals surface area contributed by atoms with E-state index in [1.807, 2.05) is 19.3 Å². The van der Waals surface area contributed by atoms with Gasteiger partial charge in [0.25, 0.3) is 11.8 Å². The number of nitrogens with zero attached hydrogens (tertiary/aromatic N) is 2. The fraction of sp³-hybridized carbons (Fsp3) is 0.333. The minimum atomic E-state index is -1.52. The van der Waals surface area contributed by atoms with E-state index in [-0.39, 0.29) is 22.7 Å². The molecule has 0 atom stereocenters. The molecule has 192 valence electrons. The summed E-state index contributed by atoms with van der Waals surface area (Å²) in [5, 5.41) is 11.6. The van der Waals surface area contributed by atoms with Crippen LogP contribution >= 0.6 is 0 Å². The summed E-state index contributed by atoms with van der Waals surface area (Å²) in [5.41, 5.74) is 5.90. The number of amides is 5. The highest BCUT2D eigenvalue weighted by molar-refractivity contribution is 6.42. The topological polar surface area (TPSA) is 147 Å². The molecule has 5 N–H and O–H groups in total. The second kappa shape index (κ2) is 11.0. The van der Waals surface area contributed by atoms with E-state index in [1.54, 1.807) is 19.3 Å². The van der Waals surface area contributed by atoms with Gasteiger partial charge in [-0.15, -0.1) is 0 Å². The van der Waals surface area contributed by atoms with Gasteiger partial charge < -0.3 is 20.3 Å². The number of benzene rings is 1. The Balaban J connectivity index is 1.92. The van der Waals surface area contributed by atoms with Gasteiger partial charge in [-0.25, -0.2) is 29.7 Å². The Bertz CT molecular complexity index is 1230. The van der Waals surface area contributed by atoms with E-state index >= 15 is 0 Å². The van der Waals surface area contributed by atoms with Gasteiger partial charge >= 0.3 is 12.1 Å². The number of halogens is 1. The van der Waals surface area contributed by atoms with Crippen LogP contribution in [0, 0.1) is 19.7 Å². The van der Waals surface area contributed by atoms with Gasteiger partial charge in [-0.05, 0) is 56.8 Å². The van der Waals surface area contributed by atoms with Gasteiger partial charge in [-0.1, -0.05) is 13.8 Å². The van der Waals surface area contributed by atoms with E-state index in [2.05, 4.69) is 15.2 Å². The highest BCUT2D eigenvalue weighted by atomic mass is 19.1. The number of rotatable bonds is 7. The number of carbonyl (C=O) groups is 4. The molecule has 1 aliphatic rings. The first-order valence-corrected chi connectivity index (χ1v) is 11.4. The molecule has 0 saturated carbocycles. The number of aromatic nitrogens is 1. The normalized spacial score (nSPS) is 13.8. The number of hydrogen-bond donors (Lipinski definition) is 5. The van der Waals surface area contributed by atoms with E-state index in [0.717, 1.165) is 25.2 Å². The average molecular weight is 501 g/mol. The lowest BCUT2D eigenvalue weighted by molar-refractivity contribution is -0.112. The Kier molecular flexibility index (Phi) is 8.10. The summed E-state index contributed by atoms with van der Waals surface area (Å²) in [6.07, 6.45) is -0.0708. The van der Waals surface area contributed by atoms with Crippen molar-refractivity contribution >= 4 is 41.3 Å². The van der Waals surface area contributed by atoms with Gasteiger partial charge in [-0.3, -0.25) is 9.59 Å². The second-order valence-corrected chi connectivity index (χ2v) is 8.17. The number of anilines is 1. The lowest BCUT2D eigenvalue weighted by Gasteiger charge is -2.18. The van der Waals surface area contributed by atoms with Crippen molar-refractivity contribution in [3.05, 3.63) is 52.1 Å². The van der Waals surface area contributed by atoms with Gasteiger partial charge in [0, 0.05) is 30.0 Å². The number of H-pyrrole nitrogens is 1. The predicted octanol–water partition coefficient (Wildman–Crippen LogP) is 2.62. The van der Waals surface area contributed by atoms with E-state index in [0.29, 0.717) is 40.5 Å². The monoisotopic (exact) mass is 500 g/mol. The molecule has 0 bridgehead atoms. The van der Waals surface area contributed by atoms with Crippen molar-refractivity contribution in [1.82, 2.24) is 26.1 Å². The second-order valence-electron chi connectivity index (χ2n) is 8.17. The first-order chi connectivity index (χ1) is 17.1. The molecule has 0 saturated heterocycles. The molecule has 1 aromatic heterocycles. The molecule has 2 aromatic rings. The molecule has 3 rings (SSSR count). The summed E-state index contributed by atoms with van der Waals surface area (Å²) in [5.74, 6) is -1.66. The van der Waals surface area contributed by atoms with Crippen LogP contribution in [-0.2, 0) is 4.79 Å².